The molecule has 0 saturated heterocycles. The molecule has 0 atom stereocenters. The molecule has 0 aliphatic carbocycles. The van der Waals surface area contributed by atoms with Crippen LogP contribution in [-0.4, -0.2) is 5.78 Å². The molecule has 1 aromatic heterocycles. The first-order chi connectivity index (χ1) is 9.95. The van der Waals surface area contributed by atoms with E-state index in [4.69, 9.17) is 11.6 Å². The number of hydrogen-bond donors (Lipinski definition) is 0. The zero-order valence-corrected chi connectivity index (χ0v) is 13.1. The van der Waals surface area contributed by atoms with Crippen molar-refractivity contribution in [2.24, 2.45) is 0 Å². The average Bonchev–Trinajstić information content (AvgIpc) is 2.85. The van der Waals surface area contributed by atoms with E-state index in [1.807, 2.05) is 19.9 Å². The monoisotopic (exact) mass is 318 g/mol. The number of aryl methyl sites for hydroxylation is 2. The standard InChI is InChI=1S/C17H12ClFOS/c1-9-5-13(14(18)6-10(9)2)17(20)16-7-11-3-4-12(19)8-15(11)21-16/h3-8H,1-2H3. The number of carbonyl (C=O) groups is 1. The molecule has 3 aromatic rings. The van der Waals surface area contributed by atoms with Crippen molar-refractivity contribution in [3.05, 3.63) is 68.8 Å². The van der Waals surface area contributed by atoms with Crippen LogP contribution in [0.5, 0.6) is 0 Å². The number of hydrogen-bond acceptors (Lipinski definition) is 2. The first-order valence-corrected chi connectivity index (χ1v) is 7.65. The Bertz CT molecular complexity index is 867. The number of fused-ring (bicyclic) bond motifs is 1. The van der Waals surface area contributed by atoms with E-state index in [0.717, 1.165) is 21.2 Å². The van der Waals surface area contributed by atoms with Crippen molar-refractivity contribution in [3.8, 4) is 0 Å². The van der Waals surface area contributed by atoms with Crippen molar-refractivity contribution in [2.75, 3.05) is 0 Å². The lowest BCUT2D eigenvalue weighted by Gasteiger charge is -2.06. The molecule has 0 aliphatic rings. The number of halogens is 2. The van der Waals surface area contributed by atoms with Gasteiger partial charge in [0.05, 0.1) is 9.90 Å². The van der Waals surface area contributed by atoms with Gasteiger partial charge in [0.15, 0.2) is 0 Å². The average molecular weight is 319 g/mol. The van der Waals surface area contributed by atoms with Crippen LogP contribution >= 0.6 is 22.9 Å². The van der Waals surface area contributed by atoms with E-state index in [-0.39, 0.29) is 11.6 Å². The second-order valence-corrected chi connectivity index (χ2v) is 6.53. The molecule has 3 rings (SSSR count). The third-order valence-corrected chi connectivity index (χ3v) is 4.94. The van der Waals surface area contributed by atoms with E-state index in [1.165, 1.54) is 23.5 Å². The minimum absolute atomic E-state index is 0.121. The van der Waals surface area contributed by atoms with Gasteiger partial charge in [-0.1, -0.05) is 17.7 Å². The van der Waals surface area contributed by atoms with E-state index < -0.39 is 0 Å². The van der Waals surface area contributed by atoms with Gasteiger partial charge in [-0.05, 0) is 60.7 Å². The Morgan fingerprint density at radius 1 is 1.10 bits per heavy atom. The maximum atomic E-state index is 13.2. The highest BCUT2D eigenvalue weighted by molar-refractivity contribution is 7.21. The summed E-state index contributed by atoms with van der Waals surface area (Å²) in [7, 11) is 0. The van der Waals surface area contributed by atoms with Gasteiger partial charge in [0.25, 0.3) is 0 Å². The molecule has 0 radical (unpaired) electrons. The van der Waals surface area contributed by atoms with Gasteiger partial charge >= 0.3 is 0 Å². The van der Waals surface area contributed by atoms with E-state index in [0.29, 0.717) is 15.5 Å². The lowest BCUT2D eigenvalue weighted by molar-refractivity contribution is 0.104. The summed E-state index contributed by atoms with van der Waals surface area (Å²) in [6, 6.07) is 9.92. The topological polar surface area (TPSA) is 17.1 Å². The highest BCUT2D eigenvalue weighted by Gasteiger charge is 2.17. The Hall–Kier alpha value is -1.71. The van der Waals surface area contributed by atoms with Crippen molar-refractivity contribution in [1.29, 1.82) is 0 Å². The highest BCUT2D eigenvalue weighted by atomic mass is 35.5. The third-order valence-electron chi connectivity index (χ3n) is 3.53. The van der Waals surface area contributed by atoms with Crippen LogP contribution in [0.25, 0.3) is 10.1 Å². The Morgan fingerprint density at radius 3 is 2.57 bits per heavy atom. The fourth-order valence-electron chi connectivity index (χ4n) is 2.20. The third kappa shape index (κ3) is 2.59. The summed E-state index contributed by atoms with van der Waals surface area (Å²) in [6.45, 7) is 3.90. The molecular formula is C17H12ClFOS. The number of ketones is 1. The quantitative estimate of drug-likeness (QED) is 0.567. The molecule has 0 unspecified atom stereocenters. The van der Waals surface area contributed by atoms with E-state index in [2.05, 4.69) is 0 Å². The number of thiophene rings is 1. The second-order valence-electron chi connectivity index (χ2n) is 5.04. The van der Waals surface area contributed by atoms with Crippen LogP contribution < -0.4 is 0 Å². The number of carbonyl (C=O) groups excluding carboxylic acids is 1. The van der Waals surface area contributed by atoms with Gasteiger partial charge < -0.3 is 0 Å². The summed E-state index contributed by atoms with van der Waals surface area (Å²) in [5.41, 5.74) is 2.57. The van der Waals surface area contributed by atoms with Gasteiger partial charge in [-0.15, -0.1) is 11.3 Å². The van der Waals surface area contributed by atoms with Gasteiger partial charge in [0, 0.05) is 10.3 Å². The molecule has 0 spiro atoms. The predicted molar refractivity (Wildman–Crippen MR) is 86.1 cm³/mol. The van der Waals surface area contributed by atoms with Crippen LogP contribution in [-0.2, 0) is 0 Å². The molecule has 4 heteroatoms. The fourth-order valence-corrected chi connectivity index (χ4v) is 3.55. The van der Waals surface area contributed by atoms with Crippen molar-refractivity contribution in [1.82, 2.24) is 0 Å². The maximum Gasteiger partial charge on any atom is 0.204 e. The molecule has 2 aromatic carbocycles. The summed E-state index contributed by atoms with van der Waals surface area (Å²) in [4.78, 5) is 13.2. The first-order valence-electron chi connectivity index (χ1n) is 6.46. The van der Waals surface area contributed by atoms with Crippen LogP contribution in [0.4, 0.5) is 4.39 Å². The van der Waals surface area contributed by atoms with Crippen molar-refractivity contribution >= 4 is 38.8 Å². The van der Waals surface area contributed by atoms with Gasteiger partial charge in [-0.2, -0.15) is 0 Å². The van der Waals surface area contributed by atoms with Crippen molar-refractivity contribution < 1.29 is 9.18 Å². The zero-order valence-electron chi connectivity index (χ0n) is 11.5. The molecule has 1 heterocycles. The summed E-state index contributed by atoms with van der Waals surface area (Å²) >= 11 is 7.48. The predicted octanol–water partition coefficient (Wildman–Crippen LogP) is 5.54. The lowest BCUT2D eigenvalue weighted by atomic mass is 10.0. The summed E-state index contributed by atoms with van der Waals surface area (Å²) in [6.07, 6.45) is 0. The van der Waals surface area contributed by atoms with Gasteiger partial charge in [-0.25, -0.2) is 4.39 Å². The van der Waals surface area contributed by atoms with Crippen LogP contribution in [0, 0.1) is 19.7 Å². The van der Waals surface area contributed by atoms with Crippen molar-refractivity contribution in [2.45, 2.75) is 13.8 Å². The summed E-state index contributed by atoms with van der Waals surface area (Å²) < 4.78 is 14.0. The molecular weight excluding hydrogens is 307 g/mol. The second kappa shape index (κ2) is 5.24. The van der Waals surface area contributed by atoms with Crippen LogP contribution in [0.3, 0.4) is 0 Å². The first kappa shape index (κ1) is 14.2. The molecule has 0 bridgehead atoms. The minimum Gasteiger partial charge on any atom is -0.288 e. The molecule has 106 valence electrons. The lowest BCUT2D eigenvalue weighted by Crippen LogP contribution is -2.01. The van der Waals surface area contributed by atoms with Gasteiger partial charge in [-0.3, -0.25) is 4.79 Å². The molecule has 0 saturated carbocycles. The van der Waals surface area contributed by atoms with Crippen molar-refractivity contribution in [3.63, 3.8) is 0 Å². The van der Waals surface area contributed by atoms with Crippen LogP contribution in [0.2, 0.25) is 5.02 Å². The van der Waals surface area contributed by atoms with E-state index in [1.54, 1.807) is 18.2 Å². The van der Waals surface area contributed by atoms with E-state index in [9.17, 15) is 9.18 Å². The summed E-state index contributed by atoms with van der Waals surface area (Å²) in [5, 5.41) is 1.32. The molecule has 0 fully saturated rings. The van der Waals surface area contributed by atoms with Crippen LogP contribution in [0.15, 0.2) is 36.4 Å². The van der Waals surface area contributed by atoms with E-state index >= 15 is 0 Å². The maximum absolute atomic E-state index is 13.2. The minimum atomic E-state index is -0.299. The summed E-state index contributed by atoms with van der Waals surface area (Å²) in [5.74, 6) is -0.419. The van der Waals surface area contributed by atoms with Gasteiger partial charge in [0.2, 0.25) is 5.78 Å². The Morgan fingerprint density at radius 2 is 1.81 bits per heavy atom. The Kier molecular flexibility index (Phi) is 3.56. The zero-order chi connectivity index (χ0) is 15.1. The molecule has 1 nitrogen and oxygen atoms in total. The SMILES string of the molecule is Cc1cc(Cl)c(C(=O)c2cc3ccc(F)cc3s2)cc1C. The normalized spacial score (nSPS) is 11.0. The van der Waals surface area contributed by atoms with Gasteiger partial charge in [0.1, 0.15) is 5.82 Å². The highest BCUT2D eigenvalue weighted by Crippen LogP contribution is 2.30. The molecule has 21 heavy (non-hydrogen) atoms. The Labute approximate surface area is 131 Å². The molecule has 0 amide bonds. The number of rotatable bonds is 2. The van der Waals surface area contributed by atoms with Crippen LogP contribution in [0.1, 0.15) is 26.4 Å². The Balaban J connectivity index is 2.10. The smallest absolute Gasteiger partial charge is 0.204 e. The molecule has 0 aliphatic heterocycles. The molecule has 0 N–H and O–H groups in total. The fraction of sp³-hybridized carbons (Fsp3) is 0.118. The largest absolute Gasteiger partial charge is 0.288 e. The number of benzene rings is 2.